The summed E-state index contributed by atoms with van der Waals surface area (Å²) in [7, 11) is 0. The van der Waals surface area contributed by atoms with Crippen LogP contribution >= 0.6 is 0 Å². The maximum atomic E-state index is 12.4. The Hall–Kier alpha value is -2.54. The Morgan fingerprint density at radius 2 is 1.62 bits per heavy atom. The number of rotatable bonds is 3. The topological polar surface area (TPSA) is 77.1 Å². The van der Waals surface area contributed by atoms with Gasteiger partial charge in [0.15, 0.2) is 5.57 Å². The molecular formula is C17H20N2O5. The van der Waals surface area contributed by atoms with Crippen LogP contribution in [0.2, 0.25) is 0 Å². The van der Waals surface area contributed by atoms with Crippen LogP contribution in [-0.2, 0) is 23.8 Å². The second-order valence-corrected chi connectivity index (χ2v) is 5.99. The van der Waals surface area contributed by atoms with E-state index in [1.807, 2.05) is 35.2 Å². The van der Waals surface area contributed by atoms with Crippen molar-refractivity contribution in [3.63, 3.8) is 0 Å². The minimum Gasteiger partial charge on any atom is -0.419 e. The smallest absolute Gasteiger partial charge is 0.352 e. The summed E-state index contributed by atoms with van der Waals surface area (Å²) < 4.78 is 15.8. The largest absolute Gasteiger partial charge is 0.419 e. The predicted molar refractivity (Wildman–Crippen MR) is 85.7 cm³/mol. The van der Waals surface area contributed by atoms with E-state index in [-0.39, 0.29) is 5.57 Å². The minimum atomic E-state index is -1.26. The third kappa shape index (κ3) is 3.51. The van der Waals surface area contributed by atoms with E-state index < -0.39 is 17.7 Å². The van der Waals surface area contributed by atoms with Gasteiger partial charge in [0, 0.05) is 32.6 Å². The number of esters is 2. The fourth-order valence-electron chi connectivity index (χ4n) is 2.59. The van der Waals surface area contributed by atoms with Crippen LogP contribution in [0, 0.1) is 0 Å². The Bertz CT molecular complexity index is 641. The molecule has 1 aromatic rings. The summed E-state index contributed by atoms with van der Waals surface area (Å²) in [5.41, 5.74) is 0.636. The lowest BCUT2D eigenvalue weighted by Gasteiger charge is -2.35. The fraction of sp³-hybridized carbons (Fsp3) is 0.412. The van der Waals surface area contributed by atoms with Crippen LogP contribution in [0.1, 0.15) is 13.8 Å². The first-order valence-electron chi connectivity index (χ1n) is 7.82. The molecule has 7 nitrogen and oxygen atoms in total. The van der Waals surface area contributed by atoms with Gasteiger partial charge in [-0.25, -0.2) is 9.59 Å². The molecule has 0 amide bonds. The summed E-state index contributed by atoms with van der Waals surface area (Å²) in [5, 5.41) is 3.15. The van der Waals surface area contributed by atoms with Crippen LogP contribution in [-0.4, -0.2) is 48.9 Å². The van der Waals surface area contributed by atoms with E-state index in [4.69, 9.17) is 14.2 Å². The van der Waals surface area contributed by atoms with Crippen LogP contribution in [0.4, 0.5) is 5.69 Å². The van der Waals surface area contributed by atoms with Crippen molar-refractivity contribution in [3.8, 4) is 0 Å². The summed E-state index contributed by atoms with van der Waals surface area (Å²) in [6, 6.07) is 9.32. The van der Waals surface area contributed by atoms with Crippen LogP contribution in [0.15, 0.2) is 41.7 Å². The second kappa shape index (κ2) is 6.52. The molecule has 7 heteroatoms. The molecule has 0 aliphatic carbocycles. The molecule has 0 atom stereocenters. The van der Waals surface area contributed by atoms with Crippen molar-refractivity contribution in [2.24, 2.45) is 0 Å². The molecule has 2 saturated heterocycles. The lowest BCUT2D eigenvalue weighted by Crippen LogP contribution is -2.46. The van der Waals surface area contributed by atoms with Gasteiger partial charge in [-0.05, 0) is 12.1 Å². The molecule has 1 N–H and O–H groups in total. The van der Waals surface area contributed by atoms with E-state index in [0.717, 1.165) is 5.69 Å². The molecular weight excluding hydrogens is 312 g/mol. The molecule has 0 spiro atoms. The van der Waals surface area contributed by atoms with E-state index >= 15 is 0 Å². The van der Waals surface area contributed by atoms with Gasteiger partial charge < -0.3 is 24.4 Å². The number of cyclic esters (lactones) is 2. The lowest BCUT2D eigenvalue weighted by atomic mass is 10.2. The molecule has 2 heterocycles. The molecule has 24 heavy (non-hydrogen) atoms. The van der Waals surface area contributed by atoms with Gasteiger partial charge in [-0.2, -0.15) is 0 Å². The van der Waals surface area contributed by atoms with Gasteiger partial charge in [-0.15, -0.1) is 0 Å². The number of hydrogen-bond donors (Lipinski definition) is 1. The maximum absolute atomic E-state index is 12.4. The predicted octanol–water partition coefficient (Wildman–Crippen LogP) is 1.48. The van der Waals surface area contributed by atoms with Crippen molar-refractivity contribution in [2.75, 3.05) is 31.6 Å². The quantitative estimate of drug-likeness (QED) is 0.510. The van der Waals surface area contributed by atoms with Gasteiger partial charge in [-0.1, -0.05) is 18.2 Å². The second-order valence-electron chi connectivity index (χ2n) is 5.99. The van der Waals surface area contributed by atoms with Gasteiger partial charge in [-0.3, -0.25) is 0 Å². The number of morpholine rings is 1. The number of hydrogen-bond acceptors (Lipinski definition) is 7. The first-order valence-corrected chi connectivity index (χ1v) is 7.82. The van der Waals surface area contributed by atoms with Gasteiger partial charge in [0.25, 0.3) is 5.79 Å². The number of ether oxygens (including phenoxy) is 3. The lowest BCUT2D eigenvalue weighted by molar-refractivity contribution is -0.222. The Balaban J connectivity index is 1.99. The Labute approximate surface area is 140 Å². The number of nitrogens with zero attached hydrogens (tertiary/aromatic N) is 1. The monoisotopic (exact) mass is 332 g/mol. The minimum absolute atomic E-state index is 0.125. The molecule has 2 fully saturated rings. The zero-order valence-corrected chi connectivity index (χ0v) is 13.7. The molecule has 0 unspecified atom stereocenters. The molecule has 0 aromatic heterocycles. The van der Waals surface area contributed by atoms with E-state index in [2.05, 4.69) is 5.32 Å². The average Bonchev–Trinajstić information content (AvgIpc) is 2.54. The number of anilines is 1. The molecule has 0 radical (unpaired) electrons. The van der Waals surface area contributed by atoms with Crippen molar-refractivity contribution < 1.29 is 23.8 Å². The highest BCUT2D eigenvalue weighted by atomic mass is 16.7. The van der Waals surface area contributed by atoms with Crippen molar-refractivity contribution in [1.29, 1.82) is 0 Å². The van der Waals surface area contributed by atoms with E-state index in [0.29, 0.717) is 32.1 Å². The summed E-state index contributed by atoms with van der Waals surface area (Å²) in [4.78, 5) is 26.7. The number of carbonyl (C=O) groups is 2. The summed E-state index contributed by atoms with van der Waals surface area (Å²) in [6.45, 7) is 5.20. The third-order valence-electron chi connectivity index (χ3n) is 3.69. The molecule has 128 valence electrons. The van der Waals surface area contributed by atoms with Crippen LogP contribution in [0.3, 0.4) is 0 Å². The van der Waals surface area contributed by atoms with Crippen molar-refractivity contribution in [3.05, 3.63) is 41.7 Å². The summed E-state index contributed by atoms with van der Waals surface area (Å²) >= 11 is 0. The van der Waals surface area contributed by atoms with Crippen molar-refractivity contribution >= 4 is 17.6 Å². The Morgan fingerprint density at radius 1 is 1.04 bits per heavy atom. The van der Waals surface area contributed by atoms with E-state index in [9.17, 15) is 9.59 Å². The average molecular weight is 332 g/mol. The first kappa shape index (κ1) is 16.3. The first-order chi connectivity index (χ1) is 11.5. The number of benzene rings is 1. The van der Waals surface area contributed by atoms with E-state index in [1.54, 1.807) is 0 Å². The van der Waals surface area contributed by atoms with Gasteiger partial charge in [0.1, 0.15) is 5.82 Å². The number of carbonyl (C=O) groups excluding carboxylic acids is 2. The standard InChI is InChI=1S/C17H20N2O5/c1-17(2)23-15(20)13(16(21)24-17)14(19-8-10-22-11-9-19)18-12-6-4-3-5-7-12/h3-7,18H,8-11H2,1-2H3. The maximum Gasteiger partial charge on any atom is 0.352 e. The van der Waals surface area contributed by atoms with Crippen molar-refractivity contribution in [1.82, 2.24) is 4.90 Å². The molecule has 0 saturated carbocycles. The van der Waals surface area contributed by atoms with E-state index in [1.165, 1.54) is 13.8 Å². The molecule has 2 aliphatic heterocycles. The number of nitrogens with one attached hydrogen (secondary N) is 1. The van der Waals surface area contributed by atoms with Gasteiger partial charge >= 0.3 is 11.9 Å². The molecule has 0 bridgehead atoms. The normalized spacial score (nSPS) is 20.2. The molecule has 1 aromatic carbocycles. The highest BCUT2D eigenvalue weighted by Gasteiger charge is 2.42. The fourth-order valence-corrected chi connectivity index (χ4v) is 2.59. The van der Waals surface area contributed by atoms with Gasteiger partial charge in [0.2, 0.25) is 0 Å². The van der Waals surface area contributed by atoms with Crippen LogP contribution < -0.4 is 5.32 Å². The highest BCUT2D eigenvalue weighted by molar-refractivity contribution is 6.16. The molecule has 3 rings (SSSR count). The summed E-state index contributed by atoms with van der Waals surface area (Å²) in [6.07, 6.45) is 0. The highest BCUT2D eigenvalue weighted by Crippen LogP contribution is 2.27. The Morgan fingerprint density at radius 3 is 2.21 bits per heavy atom. The summed E-state index contributed by atoms with van der Waals surface area (Å²) in [5.74, 6) is -2.27. The third-order valence-corrected chi connectivity index (χ3v) is 3.69. The zero-order valence-electron chi connectivity index (χ0n) is 13.7. The Kier molecular flexibility index (Phi) is 4.44. The molecule has 2 aliphatic rings. The van der Waals surface area contributed by atoms with Crippen molar-refractivity contribution in [2.45, 2.75) is 19.6 Å². The van der Waals surface area contributed by atoms with Gasteiger partial charge in [0.05, 0.1) is 13.2 Å². The number of para-hydroxylation sites is 1. The van der Waals surface area contributed by atoms with Crippen LogP contribution in [0.25, 0.3) is 0 Å². The van der Waals surface area contributed by atoms with Crippen LogP contribution in [0.5, 0.6) is 0 Å². The SMILES string of the molecule is CC1(C)OC(=O)C(=C(Nc2ccccc2)N2CCOCC2)C(=O)O1. The zero-order chi connectivity index (χ0) is 17.2.